The van der Waals surface area contributed by atoms with Crippen molar-refractivity contribution < 1.29 is 0 Å². The fourth-order valence-electron chi connectivity index (χ4n) is 3.32. The summed E-state index contributed by atoms with van der Waals surface area (Å²) in [5.74, 6) is 1.76. The highest BCUT2D eigenvalue weighted by Gasteiger charge is 2.38. The van der Waals surface area contributed by atoms with E-state index in [0.29, 0.717) is 0 Å². The predicted octanol–water partition coefficient (Wildman–Crippen LogP) is 3.96. The fourth-order valence-corrected chi connectivity index (χ4v) is 4.13. The highest BCUT2D eigenvalue weighted by molar-refractivity contribution is 7.08. The van der Waals surface area contributed by atoms with Crippen LogP contribution in [0.4, 0.5) is 0 Å². The van der Waals surface area contributed by atoms with Crippen molar-refractivity contribution in [2.24, 2.45) is 11.8 Å². The number of hydrogen-bond acceptors (Lipinski definition) is 1. The Morgan fingerprint density at radius 3 is 3.21 bits per heavy atom. The van der Waals surface area contributed by atoms with Gasteiger partial charge in [0.25, 0.3) is 0 Å². The topological polar surface area (TPSA) is 0 Å². The number of fused-ring (bicyclic) bond motifs is 5. The van der Waals surface area contributed by atoms with Crippen LogP contribution in [-0.2, 0) is 0 Å². The summed E-state index contributed by atoms with van der Waals surface area (Å²) in [5, 5.41) is 4.59. The molecule has 0 bridgehead atoms. The third kappa shape index (κ3) is 0.755. The lowest BCUT2D eigenvalue weighted by Gasteiger charge is -2.09. The molecule has 0 N–H and O–H groups in total. The maximum absolute atomic E-state index is 2.54. The lowest BCUT2D eigenvalue weighted by Crippen LogP contribution is -1.99. The third-order valence-electron chi connectivity index (χ3n) is 3.95. The van der Waals surface area contributed by atoms with Crippen LogP contribution in [0, 0.1) is 11.8 Å². The molecule has 0 spiro atoms. The van der Waals surface area contributed by atoms with Gasteiger partial charge < -0.3 is 0 Å². The van der Waals surface area contributed by atoms with E-state index in [9.17, 15) is 0 Å². The summed E-state index contributed by atoms with van der Waals surface area (Å²) in [7, 11) is 0. The minimum absolute atomic E-state index is 0.877. The molecule has 1 aromatic rings. The molecule has 0 aromatic carbocycles. The molecule has 0 saturated heterocycles. The van der Waals surface area contributed by atoms with Crippen LogP contribution in [0.2, 0.25) is 0 Å². The summed E-state index contributed by atoms with van der Waals surface area (Å²) in [4.78, 5) is 0. The van der Waals surface area contributed by atoms with Crippen molar-refractivity contribution in [1.82, 2.24) is 0 Å². The maximum Gasteiger partial charge on any atom is -0.000430 e. The summed E-state index contributed by atoms with van der Waals surface area (Å²) in [5.41, 5.74) is 6.22. The lowest BCUT2D eigenvalue weighted by molar-refractivity contribution is 0.567. The van der Waals surface area contributed by atoms with Crippen molar-refractivity contribution in [3.63, 3.8) is 0 Å². The largest absolute Gasteiger partial charge is 0.151 e. The molecule has 3 aliphatic carbocycles. The zero-order valence-electron chi connectivity index (χ0n) is 7.99. The van der Waals surface area contributed by atoms with Crippen molar-refractivity contribution in [1.29, 1.82) is 0 Å². The van der Waals surface area contributed by atoms with Gasteiger partial charge in [-0.05, 0) is 63.8 Å². The molecule has 2 atom stereocenters. The van der Waals surface area contributed by atoms with Crippen molar-refractivity contribution in [3.8, 4) is 0 Å². The second-order valence-electron chi connectivity index (χ2n) is 4.62. The lowest BCUT2D eigenvalue weighted by atomic mass is 9.95. The minimum Gasteiger partial charge on any atom is -0.151 e. The first-order valence-electron chi connectivity index (χ1n) is 5.44. The second kappa shape index (κ2) is 2.40. The van der Waals surface area contributed by atoms with Crippen LogP contribution in [0.15, 0.2) is 22.4 Å². The van der Waals surface area contributed by atoms with Crippen LogP contribution < -0.4 is 0 Å². The molecule has 70 valence electrons. The Balaban J connectivity index is 1.93. The maximum atomic E-state index is 2.54. The first-order valence-corrected chi connectivity index (χ1v) is 6.38. The zero-order chi connectivity index (χ0) is 9.12. The van der Waals surface area contributed by atoms with Gasteiger partial charge in [0.15, 0.2) is 0 Å². The van der Waals surface area contributed by atoms with Crippen LogP contribution in [0.1, 0.15) is 30.4 Å². The SMILES string of the molecule is C1=C2C(=Cc3cscc32)C2CCCC12. The Labute approximate surface area is 88.0 Å². The number of thiophene rings is 1. The number of rotatable bonds is 0. The molecule has 1 heteroatoms. The summed E-state index contributed by atoms with van der Waals surface area (Å²) in [6, 6.07) is 0. The van der Waals surface area contributed by atoms with E-state index in [0.717, 1.165) is 11.8 Å². The Bertz CT molecular complexity index is 461. The van der Waals surface area contributed by atoms with Gasteiger partial charge in [0.2, 0.25) is 0 Å². The smallest absolute Gasteiger partial charge is 0.000430 e. The van der Waals surface area contributed by atoms with Gasteiger partial charge in [0, 0.05) is 0 Å². The molecule has 2 unspecified atom stereocenters. The van der Waals surface area contributed by atoms with Gasteiger partial charge in [-0.25, -0.2) is 0 Å². The van der Waals surface area contributed by atoms with E-state index in [2.05, 4.69) is 22.9 Å². The molecule has 0 amide bonds. The molecular formula is C13H12S. The highest BCUT2D eigenvalue weighted by atomic mass is 32.1. The Morgan fingerprint density at radius 2 is 2.21 bits per heavy atom. The minimum atomic E-state index is 0.877. The molecule has 3 aliphatic rings. The molecule has 1 saturated carbocycles. The fraction of sp³-hybridized carbons (Fsp3) is 0.385. The van der Waals surface area contributed by atoms with Crippen molar-refractivity contribution in [2.45, 2.75) is 19.3 Å². The molecule has 1 fully saturated rings. The van der Waals surface area contributed by atoms with Crippen LogP contribution in [-0.4, -0.2) is 0 Å². The Hall–Kier alpha value is -0.820. The first-order chi connectivity index (χ1) is 6.93. The van der Waals surface area contributed by atoms with Gasteiger partial charge in [-0.3, -0.25) is 0 Å². The van der Waals surface area contributed by atoms with E-state index < -0.39 is 0 Å². The van der Waals surface area contributed by atoms with Gasteiger partial charge in [0.05, 0.1) is 0 Å². The first kappa shape index (κ1) is 7.47. The number of hydrogen-bond donors (Lipinski definition) is 0. The molecule has 0 radical (unpaired) electrons. The second-order valence-corrected chi connectivity index (χ2v) is 5.37. The predicted molar refractivity (Wildman–Crippen MR) is 61.1 cm³/mol. The third-order valence-corrected chi connectivity index (χ3v) is 4.72. The molecule has 0 aliphatic heterocycles. The van der Waals surface area contributed by atoms with Crippen molar-refractivity contribution >= 4 is 23.0 Å². The van der Waals surface area contributed by atoms with Gasteiger partial charge >= 0.3 is 0 Å². The number of allylic oxidation sites excluding steroid dienone is 3. The molecule has 0 nitrogen and oxygen atoms in total. The van der Waals surface area contributed by atoms with E-state index in [4.69, 9.17) is 0 Å². The molecule has 4 rings (SSSR count). The van der Waals surface area contributed by atoms with E-state index in [1.807, 2.05) is 11.3 Å². The average Bonchev–Trinajstić information content (AvgIpc) is 2.80. The standard InChI is InChI=1S/C13H12S/c1-2-8-4-12-11(10(8)3-1)5-9-6-14-7-13(9)12/h4-8,10H,1-3H2. The monoisotopic (exact) mass is 200 g/mol. The highest BCUT2D eigenvalue weighted by Crippen LogP contribution is 2.54. The van der Waals surface area contributed by atoms with Crippen molar-refractivity contribution in [2.75, 3.05) is 0 Å². The van der Waals surface area contributed by atoms with Crippen LogP contribution in [0.5, 0.6) is 0 Å². The molecule has 14 heavy (non-hydrogen) atoms. The Kier molecular flexibility index (Phi) is 1.28. The van der Waals surface area contributed by atoms with E-state index in [1.165, 1.54) is 30.4 Å². The summed E-state index contributed by atoms with van der Waals surface area (Å²) in [6.07, 6.45) is 9.26. The van der Waals surface area contributed by atoms with Gasteiger partial charge in [-0.15, -0.1) is 0 Å². The van der Waals surface area contributed by atoms with Gasteiger partial charge in [-0.1, -0.05) is 12.5 Å². The van der Waals surface area contributed by atoms with Gasteiger partial charge in [0.1, 0.15) is 0 Å². The summed E-state index contributed by atoms with van der Waals surface area (Å²) < 4.78 is 0. The molecular weight excluding hydrogens is 188 g/mol. The molecule has 1 aromatic heterocycles. The van der Waals surface area contributed by atoms with E-state index in [1.54, 1.807) is 11.1 Å². The Morgan fingerprint density at radius 1 is 1.21 bits per heavy atom. The van der Waals surface area contributed by atoms with E-state index in [-0.39, 0.29) is 0 Å². The quantitative estimate of drug-likeness (QED) is 0.594. The normalized spacial score (nSPS) is 32.3. The van der Waals surface area contributed by atoms with E-state index >= 15 is 0 Å². The summed E-state index contributed by atoms with van der Waals surface area (Å²) >= 11 is 1.83. The van der Waals surface area contributed by atoms with Crippen LogP contribution >= 0.6 is 11.3 Å². The zero-order valence-corrected chi connectivity index (χ0v) is 8.81. The molecule has 1 heterocycles. The average molecular weight is 200 g/mol. The van der Waals surface area contributed by atoms with Crippen LogP contribution in [0.25, 0.3) is 11.6 Å². The van der Waals surface area contributed by atoms with Crippen molar-refractivity contribution in [3.05, 3.63) is 33.5 Å². The summed E-state index contributed by atoms with van der Waals surface area (Å²) in [6.45, 7) is 0. The van der Waals surface area contributed by atoms with Gasteiger partial charge in [-0.2, -0.15) is 11.3 Å². The van der Waals surface area contributed by atoms with Crippen LogP contribution in [0.3, 0.4) is 0 Å².